The van der Waals surface area contributed by atoms with E-state index in [1.165, 1.54) is 0 Å². The number of carbonyl (C=O) groups excluding carboxylic acids is 5. The molecule has 0 unspecified atom stereocenters. The van der Waals surface area contributed by atoms with Crippen molar-refractivity contribution in [2.24, 2.45) is 0 Å². The van der Waals surface area contributed by atoms with Crippen molar-refractivity contribution in [3.8, 4) is 23.0 Å². The van der Waals surface area contributed by atoms with Crippen molar-refractivity contribution in [2.45, 2.75) is 6.42 Å². The Kier molecular flexibility index (Phi) is 6.11. The Morgan fingerprint density at radius 3 is 1.48 bits per heavy atom. The van der Waals surface area contributed by atoms with Crippen LogP contribution in [-0.2, 0) is 4.74 Å². The standard InChI is InChI=1S/C38H20O8/c39-30-19-31(40)25-15-17-32(26-4-1-3-24(30)34(25)26)44-22-11-7-20(8-12-22)36(41)21-9-13-23(14-10-21)45-33-18-16-29-35-27(33)5-2-6-28(35)37(42)46-38(29)43/h1-18H,19H2. The molecule has 0 radical (unpaired) electrons. The van der Waals surface area contributed by atoms with Gasteiger partial charge in [-0.1, -0.05) is 30.3 Å². The van der Waals surface area contributed by atoms with Gasteiger partial charge in [0.15, 0.2) is 17.3 Å². The van der Waals surface area contributed by atoms with Crippen LogP contribution in [0.5, 0.6) is 23.0 Å². The fourth-order valence-corrected chi connectivity index (χ4v) is 6.04. The fraction of sp³-hybridized carbons (Fsp3) is 0.0263. The molecule has 1 heterocycles. The van der Waals surface area contributed by atoms with E-state index in [2.05, 4.69) is 0 Å². The largest absolute Gasteiger partial charge is 0.457 e. The SMILES string of the molecule is O=C(c1ccc(Oc2ccc3c4c(cccc24)C(=O)CC3=O)cc1)c1ccc(Oc2ccc3c4c(cccc24)C(=O)OC3=O)cc1. The predicted octanol–water partition coefficient (Wildman–Crippen LogP) is 7.89. The Labute approximate surface area is 260 Å². The highest BCUT2D eigenvalue weighted by atomic mass is 16.6. The average Bonchev–Trinajstić information content (AvgIpc) is 3.07. The van der Waals surface area contributed by atoms with Gasteiger partial charge in [0.05, 0.1) is 17.5 Å². The van der Waals surface area contributed by atoms with Crippen molar-refractivity contribution < 1.29 is 38.2 Å². The molecular formula is C38H20O8. The Morgan fingerprint density at radius 1 is 0.500 bits per heavy atom. The highest BCUT2D eigenvalue weighted by Gasteiger charge is 2.29. The van der Waals surface area contributed by atoms with E-state index in [1.54, 1.807) is 103 Å². The van der Waals surface area contributed by atoms with E-state index in [-0.39, 0.29) is 23.8 Å². The first kappa shape index (κ1) is 27.2. The maximum absolute atomic E-state index is 13.3. The number of rotatable bonds is 6. The second kappa shape index (κ2) is 10.3. The number of benzene rings is 6. The lowest BCUT2D eigenvalue weighted by atomic mass is 9.86. The summed E-state index contributed by atoms with van der Waals surface area (Å²) in [7, 11) is 0. The van der Waals surface area contributed by atoms with Crippen LogP contribution < -0.4 is 9.47 Å². The van der Waals surface area contributed by atoms with Gasteiger partial charge in [-0.25, -0.2) is 9.59 Å². The van der Waals surface area contributed by atoms with Gasteiger partial charge >= 0.3 is 11.9 Å². The molecule has 8 heteroatoms. The van der Waals surface area contributed by atoms with Gasteiger partial charge in [-0.2, -0.15) is 0 Å². The maximum Gasteiger partial charge on any atom is 0.346 e. The van der Waals surface area contributed by atoms with Gasteiger partial charge in [0.25, 0.3) is 0 Å². The lowest BCUT2D eigenvalue weighted by Gasteiger charge is -2.18. The summed E-state index contributed by atoms with van der Waals surface area (Å²) >= 11 is 0. The highest BCUT2D eigenvalue weighted by molar-refractivity contribution is 6.28. The van der Waals surface area contributed by atoms with E-state index >= 15 is 0 Å². The van der Waals surface area contributed by atoms with Crippen LogP contribution in [0, 0.1) is 0 Å². The highest BCUT2D eigenvalue weighted by Crippen LogP contribution is 2.38. The van der Waals surface area contributed by atoms with Crippen LogP contribution in [0.2, 0.25) is 0 Å². The Morgan fingerprint density at radius 2 is 0.935 bits per heavy atom. The Balaban J connectivity index is 1.01. The second-order valence-corrected chi connectivity index (χ2v) is 11.0. The van der Waals surface area contributed by atoms with E-state index in [0.29, 0.717) is 77.9 Å². The summed E-state index contributed by atoms with van der Waals surface area (Å²) in [4.78, 5) is 62.6. The fourth-order valence-electron chi connectivity index (χ4n) is 6.04. The van der Waals surface area contributed by atoms with E-state index in [4.69, 9.17) is 14.2 Å². The first-order valence-corrected chi connectivity index (χ1v) is 14.4. The molecule has 6 aromatic carbocycles. The first-order chi connectivity index (χ1) is 22.4. The van der Waals surface area contributed by atoms with Gasteiger partial charge in [-0.05, 0) is 78.9 Å². The van der Waals surface area contributed by atoms with Crippen LogP contribution in [0.3, 0.4) is 0 Å². The zero-order chi connectivity index (χ0) is 31.5. The molecule has 8 nitrogen and oxygen atoms in total. The molecule has 46 heavy (non-hydrogen) atoms. The maximum atomic E-state index is 13.3. The third-order valence-electron chi connectivity index (χ3n) is 8.24. The molecule has 8 rings (SSSR count). The molecule has 0 spiro atoms. The van der Waals surface area contributed by atoms with Crippen molar-refractivity contribution in [2.75, 3.05) is 0 Å². The molecule has 1 aliphatic heterocycles. The summed E-state index contributed by atoms with van der Waals surface area (Å²) in [6.45, 7) is 0. The number of ketones is 3. The number of carbonyl (C=O) groups is 5. The number of esters is 2. The molecule has 220 valence electrons. The average molecular weight is 605 g/mol. The smallest absolute Gasteiger partial charge is 0.346 e. The lowest BCUT2D eigenvalue weighted by molar-refractivity contribution is 0.0390. The molecule has 6 aromatic rings. The summed E-state index contributed by atoms with van der Waals surface area (Å²) < 4.78 is 17.0. The molecular weight excluding hydrogens is 584 g/mol. The van der Waals surface area contributed by atoms with E-state index in [0.717, 1.165) is 0 Å². The third-order valence-corrected chi connectivity index (χ3v) is 8.24. The molecule has 0 atom stereocenters. The zero-order valence-corrected chi connectivity index (χ0v) is 23.9. The second-order valence-electron chi connectivity index (χ2n) is 11.0. The van der Waals surface area contributed by atoms with Gasteiger partial charge in [0.1, 0.15) is 23.0 Å². The molecule has 0 saturated heterocycles. The monoisotopic (exact) mass is 604 g/mol. The Bertz CT molecular complexity index is 2130. The van der Waals surface area contributed by atoms with Crippen LogP contribution in [0.15, 0.2) is 109 Å². The van der Waals surface area contributed by atoms with Gasteiger partial charge in [0.2, 0.25) is 0 Å². The number of cyclic esters (lactones) is 2. The lowest BCUT2D eigenvalue weighted by Crippen LogP contribution is -2.19. The number of hydrogen-bond acceptors (Lipinski definition) is 8. The molecule has 1 aliphatic carbocycles. The molecule has 2 aliphatic rings. The van der Waals surface area contributed by atoms with Gasteiger partial charge < -0.3 is 14.2 Å². The zero-order valence-electron chi connectivity index (χ0n) is 23.9. The minimum absolute atomic E-state index is 0.133. The van der Waals surface area contributed by atoms with Crippen LogP contribution in [0.25, 0.3) is 21.5 Å². The van der Waals surface area contributed by atoms with Crippen molar-refractivity contribution in [3.63, 3.8) is 0 Å². The molecule has 0 N–H and O–H groups in total. The van der Waals surface area contributed by atoms with Crippen molar-refractivity contribution in [3.05, 3.63) is 143 Å². The molecule has 0 amide bonds. The van der Waals surface area contributed by atoms with Crippen LogP contribution in [0.1, 0.15) is 63.8 Å². The van der Waals surface area contributed by atoms with Gasteiger partial charge in [0, 0.05) is 43.8 Å². The van der Waals surface area contributed by atoms with Crippen LogP contribution >= 0.6 is 0 Å². The van der Waals surface area contributed by atoms with Gasteiger partial charge in [-0.15, -0.1) is 0 Å². The summed E-state index contributed by atoms with van der Waals surface area (Å²) in [6, 6.07) is 30.4. The predicted molar refractivity (Wildman–Crippen MR) is 167 cm³/mol. The van der Waals surface area contributed by atoms with Gasteiger partial charge in [-0.3, -0.25) is 14.4 Å². The molecule has 0 saturated carbocycles. The summed E-state index contributed by atoms with van der Waals surface area (Å²) in [5.41, 5.74) is 2.52. The third kappa shape index (κ3) is 4.35. The summed E-state index contributed by atoms with van der Waals surface area (Å²) in [5, 5.41) is 2.35. The quantitative estimate of drug-likeness (QED) is 0.107. The van der Waals surface area contributed by atoms with E-state index in [1.807, 2.05) is 6.07 Å². The summed E-state index contributed by atoms with van der Waals surface area (Å²) in [6.07, 6.45) is -0.133. The van der Waals surface area contributed by atoms with Crippen molar-refractivity contribution in [1.29, 1.82) is 0 Å². The van der Waals surface area contributed by atoms with Crippen molar-refractivity contribution in [1.82, 2.24) is 0 Å². The number of hydrogen-bond donors (Lipinski definition) is 0. The minimum atomic E-state index is -0.699. The number of Topliss-reactive ketones (excluding diaryl/α,β-unsaturated/α-hetero) is 2. The minimum Gasteiger partial charge on any atom is -0.457 e. The van der Waals surface area contributed by atoms with Crippen molar-refractivity contribution >= 4 is 50.8 Å². The topological polar surface area (TPSA) is 113 Å². The first-order valence-electron chi connectivity index (χ1n) is 14.4. The molecule has 0 bridgehead atoms. The Hall–Kier alpha value is -6.41. The number of ether oxygens (including phenoxy) is 3. The van der Waals surface area contributed by atoms with Crippen LogP contribution in [-0.4, -0.2) is 29.3 Å². The summed E-state index contributed by atoms with van der Waals surface area (Å²) in [5.74, 6) is -0.0949. The van der Waals surface area contributed by atoms with E-state index in [9.17, 15) is 24.0 Å². The molecule has 0 aromatic heterocycles. The normalized spacial score (nSPS) is 13.6. The van der Waals surface area contributed by atoms with E-state index < -0.39 is 11.9 Å². The van der Waals surface area contributed by atoms with Crippen LogP contribution in [0.4, 0.5) is 0 Å². The molecule has 0 fully saturated rings.